The van der Waals surface area contributed by atoms with Crippen LogP contribution in [0, 0.1) is 0 Å². The van der Waals surface area contributed by atoms with Crippen molar-refractivity contribution in [2.45, 2.75) is 33.2 Å². The van der Waals surface area contributed by atoms with Gasteiger partial charge in [0.05, 0.1) is 5.54 Å². The highest BCUT2D eigenvalue weighted by molar-refractivity contribution is 5.70. The van der Waals surface area contributed by atoms with Crippen molar-refractivity contribution in [3.8, 4) is 0 Å². The Morgan fingerprint density at radius 1 is 1.30 bits per heavy atom. The van der Waals surface area contributed by atoms with E-state index in [-0.39, 0.29) is 5.54 Å². The summed E-state index contributed by atoms with van der Waals surface area (Å²) in [4.78, 5) is 7.63. The van der Waals surface area contributed by atoms with Crippen molar-refractivity contribution in [1.82, 2.24) is 0 Å². The van der Waals surface area contributed by atoms with Crippen LogP contribution in [0.2, 0.25) is 0 Å². The average Bonchev–Trinajstić information content (AvgIpc) is 1.93. The lowest BCUT2D eigenvalue weighted by atomic mass is 10.1. The molecule has 0 amide bonds. The molecule has 0 atom stereocenters. The van der Waals surface area contributed by atoms with E-state index in [1.54, 1.807) is 13.3 Å². The van der Waals surface area contributed by atoms with Gasteiger partial charge in [-0.15, -0.1) is 0 Å². The van der Waals surface area contributed by atoms with E-state index in [0.29, 0.717) is 0 Å². The van der Waals surface area contributed by atoms with E-state index in [9.17, 15) is 0 Å². The van der Waals surface area contributed by atoms with Crippen molar-refractivity contribution in [1.29, 1.82) is 0 Å². The van der Waals surface area contributed by atoms with Gasteiger partial charge in [0, 0.05) is 13.3 Å². The second-order valence-corrected chi connectivity index (χ2v) is 2.20. The summed E-state index contributed by atoms with van der Waals surface area (Å²) in [6.45, 7) is 11.3. The van der Waals surface area contributed by atoms with Gasteiger partial charge in [-0.05, 0) is 20.6 Å². The molecule has 0 unspecified atom stereocenters. The Kier molecular flexibility index (Phi) is 7.79. The van der Waals surface area contributed by atoms with Crippen LogP contribution in [0.5, 0.6) is 0 Å². The van der Waals surface area contributed by atoms with Crippen LogP contribution in [0.25, 0.3) is 0 Å². The van der Waals surface area contributed by atoms with Gasteiger partial charge in [0.1, 0.15) is 0 Å². The number of rotatable bonds is 2. The smallest absolute Gasteiger partial charge is 0.0889 e. The van der Waals surface area contributed by atoms with Gasteiger partial charge in [0.15, 0.2) is 0 Å². The van der Waals surface area contributed by atoms with Crippen molar-refractivity contribution in [3.63, 3.8) is 0 Å². The largest absolute Gasteiger partial charge is 0.298 e. The fraction of sp³-hybridized carbons (Fsp3) is 0.750. The topological polar surface area (TPSA) is 24.7 Å². The van der Waals surface area contributed by atoms with Gasteiger partial charge in [-0.25, -0.2) is 0 Å². The van der Waals surface area contributed by atoms with E-state index in [1.165, 1.54) is 0 Å². The maximum atomic E-state index is 3.82. The first-order chi connectivity index (χ1) is 4.62. The summed E-state index contributed by atoms with van der Waals surface area (Å²) in [6.07, 6.45) is 1.76. The van der Waals surface area contributed by atoms with Crippen LogP contribution in [-0.4, -0.2) is 25.5 Å². The average molecular weight is 142 g/mol. The van der Waals surface area contributed by atoms with Crippen molar-refractivity contribution < 1.29 is 0 Å². The number of hydrogen-bond acceptors (Lipinski definition) is 2. The zero-order valence-electron chi connectivity index (χ0n) is 7.68. The fourth-order valence-corrected chi connectivity index (χ4v) is 0.357. The highest BCUT2D eigenvalue weighted by Crippen LogP contribution is 2.01. The molecule has 0 aliphatic carbocycles. The Bertz CT molecular complexity index is 104. The summed E-state index contributed by atoms with van der Waals surface area (Å²) in [6, 6.07) is 0. The fourth-order valence-electron chi connectivity index (χ4n) is 0.357. The quantitative estimate of drug-likeness (QED) is 0.528. The molecular formula is C8H18N2. The third kappa shape index (κ3) is 7.34. The van der Waals surface area contributed by atoms with Crippen LogP contribution in [0.3, 0.4) is 0 Å². The molecule has 10 heavy (non-hydrogen) atoms. The van der Waals surface area contributed by atoms with Crippen LogP contribution in [0.4, 0.5) is 0 Å². The summed E-state index contributed by atoms with van der Waals surface area (Å²) in [7, 11) is 1.73. The first-order valence-corrected chi connectivity index (χ1v) is 3.53. The first-order valence-electron chi connectivity index (χ1n) is 3.53. The molecule has 0 N–H and O–H groups in total. The molecule has 0 aromatic carbocycles. The summed E-state index contributed by atoms with van der Waals surface area (Å²) in [5.41, 5.74) is -0.186. The SMILES string of the molecule is C=NC(C)(C)C=NC.CC. The van der Waals surface area contributed by atoms with Gasteiger partial charge >= 0.3 is 0 Å². The lowest BCUT2D eigenvalue weighted by molar-refractivity contribution is 0.723. The Morgan fingerprint density at radius 2 is 1.70 bits per heavy atom. The molecule has 0 aliphatic rings. The Hall–Kier alpha value is -0.660. The maximum absolute atomic E-state index is 3.82. The van der Waals surface area contributed by atoms with Crippen LogP contribution in [0.1, 0.15) is 27.7 Å². The zero-order chi connectivity index (χ0) is 8.62. The molecule has 0 bridgehead atoms. The van der Waals surface area contributed by atoms with Crippen molar-refractivity contribution in [2.75, 3.05) is 7.05 Å². The van der Waals surface area contributed by atoms with Crippen LogP contribution in [-0.2, 0) is 0 Å². The van der Waals surface area contributed by atoms with Gasteiger partial charge in [-0.1, -0.05) is 13.8 Å². The second kappa shape index (κ2) is 6.46. The molecule has 0 aromatic rings. The minimum absolute atomic E-state index is 0.186. The minimum atomic E-state index is -0.186. The number of aliphatic imine (C=N–C) groups is 2. The van der Waals surface area contributed by atoms with Gasteiger partial charge in [0.2, 0.25) is 0 Å². The second-order valence-electron chi connectivity index (χ2n) is 2.20. The molecule has 0 aliphatic heterocycles. The summed E-state index contributed by atoms with van der Waals surface area (Å²) < 4.78 is 0. The van der Waals surface area contributed by atoms with E-state index in [4.69, 9.17) is 0 Å². The number of hydrogen-bond donors (Lipinski definition) is 0. The molecule has 0 saturated heterocycles. The molecule has 0 saturated carbocycles. The molecule has 2 nitrogen and oxygen atoms in total. The van der Waals surface area contributed by atoms with Crippen molar-refractivity contribution in [3.05, 3.63) is 0 Å². The molecule has 0 aromatic heterocycles. The molecule has 0 spiro atoms. The Balaban J connectivity index is 0. The lowest BCUT2D eigenvalue weighted by Crippen LogP contribution is -2.17. The van der Waals surface area contributed by atoms with E-state index in [2.05, 4.69) is 16.7 Å². The predicted octanol–water partition coefficient (Wildman–Crippen LogP) is 2.19. The van der Waals surface area contributed by atoms with Crippen LogP contribution < -0.4 is 0 Å². The first kappa shape index (κ1) is 12.1. The normalized spacial score (nSPS) is 10.5. The van der Waals surface area contributed by atoms with E-state index in [1.807, 2.05) is 27.7 Å². The number of nitrogens with zero attached hydrogens (tertiary/aromatic N) is 2. The predicted molar refractivity (Wildman–Crippen MR) is 49.4 cm³/mol. The van der Waals surface area contributed by atoms with Crippen LogP contribution >= 0.6 is 0 Å². The maximum Gasteiger partial charge on any atom is 0.0889 e. The molecule has 60 valence electrons. The third-order valence-corrected chi connectivity index (χ3v) is 0.853. The molecular weight excluding hydrogens is 124 g/mol. The monoisotopic (exact) mass is 142 g/mol. The van der Waals surface area contributed by atoms with Gasteiger partial charge in [0.25, 0.3) is 0 Å². The van der Waals surface area contributed by atoms with Gasteiger partial charge in [-0.2, -0.15) is 0 Å². The van der Waals surface area contributed by atoms with E-state index in [0.717, 1.165) is 0 Å². The van der Waals surface area contributed by atoms with Crippen molar-refractivity contribution >= 4 is 12.9 Å². The van der Waals surface area contributed by atoms with E-state index < -0.39 is 0 Å². The highest BCUT2D eigenvalue weighted by atomic mass is 14.8. The molecule has 2 heteroatoms. The summed E-state index contributed by atoms with van der Waals surface area (Å²) in [5, 5.41) is 0. The Labute approximate surface area is 64.1 Å². The summed E-state index contributed by atoms with van der Waals surface area (Å²) >= 11 is 0. The third-order valence-electron chi connectivity index (χ3n) is 0.853. The molecule has 0 radical (unpaired) electrons. The highest BCUT2D eigenvalue weighted by Gasteiger charge is 2.07. The minimum Gasteiger partial charge on any atom is -0.298 e. The van der Waals surface area contributed by atoms with Crippen LogP contribution in [0.15, 0.2) is 9.98 Å². The van der Waals surface area contributed by atoms with Gasteiger partial charge in [-0.3, -0.25) is 9.98 Å². The lowest BCUT2D eigenvalue weighted by Gasteiger charge is -2.09. The van der Waals surface area contributed by atoms with Gasteiger partial charge < -0.3 is 0 Å². The molecule has 0 fully saturated rings. The molecule has 0 rings (SSSR count). The zero-order valence-corrected chi connectivity index (χ0v) is 7.68. The van der Waals surface area contributed by atoms with Crippen molar-refractivity contribution in [2.24, 2.45) is 9.98 Å². The van der Waals surface area contributed by atoms with E-state index >= 15 is 0 Å². The standard InChI is InChI=1S/C6H12N2.C2H6/c1-6(2,8-4)5-7-3;1-2/h5H,4H2,1-3H3;1-2H3. The molecule has 0 heterocycles. The Morgan fingerprint density at radius 3 is 1.80 bits per heavy atom. The summed E-state index contributed by atoms with van der Waals surface area (Å²) in [5.74, 6) is 0.